The zero-order valence-corrected chi connectivity index (χ0v) is 16.3. The molecule has 1 aromatic heterocycles. The predicted molar refractivity (Wildman–Crippen MR) is 108 cm³/mol. The van der Waals surface area contributed by atoms with Crippen molar-refractivity contribution in [3.63, 3.8) is 0 Å². The summed E-state index contributed by atoms with van der Waals surface area (Å²) in [6.45, 7) is 1.94. The van der Waals surface area contributed by atoms with Crippen LogP contribution < -0.4 is 14.8 Å². The molecule has 3 rings (SSSR count). The molecule has 1 amide bonds. The summed E-state index contributed by atoms with van der Waals surface area (Å²) in [6, 6.07) is 12.5. The Hall–Kier alpha value is -3.65. The number of pyridine rings is 1. The molecule has 148 valence electrons. The van der Waals surface area contributed by atoms with Gasteiger partial charge in [-0.3, -0.25) is 14.9 Å². The van der Waals surface area contributed by atoms with E-state index in [0.29, 0.717) is 23.1 Å². The molecule has 29 heavy (non-hydrogen) atoms. The zero-order chi connectivity index (χ0) is 21.0. The van der Waals surface area contributed by atoms with Gasteiger partial charge in [-0.2, -0.15) is 0 Å². The minimum absolute atomic E-state index is 0.107. The first kappa shape index (κ1) is 20.1. The second-order valence-electron chi connectivity index (χ2n) is 6.01. The topological polar surface area (TPSA) is 104 Å². The average molecular weight is 414 g/mol. The molecule has 1 heterocycles. The van der Waals surface area contributed by atoms with Gasteiger partial charge in [0, 0.05) is 17.2 Å². The normalized spacial score (nSPS) is 10.3. The van der Waals surface area contributed by atoms with E-state index in [9.17, 15) is 14.9 Å². The van der Waals surface area contributed by atoms with Gasteiger partial charge in [-0.25, -0.2) is 4.98 Å². The first-order chi connectivity index (χ1) is 13.9. The van der Waals surface area contributed by atoms with E-state index in [4.69, 9.17) is 21.1 Å². The van der Waals surface area contributed by atoms with Crippen molar-refractivity contribution in [1.29, 1.82) is 0 Å². The summed E-state index contributed by atoms with van der Waals surface area (Å²) in [6.07, 6.45) is 1.38. The van der Waals surface area contributed by atoms with Gasteiger partial charge in [-0.15, -0.1) is 0 Å². The van der Waals surface area contributed by atoms with Crippen LogP contribution in [0.25, 0.3) is 0 Å². The summed E-state index contributed by atoms with van der Waals surface area (Å²) < 4.78 is 11.0. The van der Waals surface area contributed by atoms with Gasteiger partial charge in [0.2, 0.25) is 5.88 Å². The number of aryl methyl sites for hydroxylation is 1. The Morgan fingerprint density at radius 2 is 1.93 bits per heavy atom. The van der Waals surface area contributed by atoms with E-state index in [1.54, 1.807) is 25.3 Å². The first-order valence-corrected chi connectivity index (χ1v) is 8.79. The molecule has 0 aliphatic rings. The molecule has 0 aliphatic carbocycles. The average Bonchev–Trinajstić information content (AvgIpc) is 2.70. The van der Waals surface area contributed by atoms with E-state index in [1.807, 2.05) is 19.1 Å². The molecule has 1 N–H and O–H groups in total. The SMILES string of the molecule is COc1cc(C)ccc1Oc1ccc(NC(=O)c2ccc(Cl)cc2[N+](=O)[O-])cn1. The maximum atomic E-state index is 12.4. The lowest BCUT2D eigenvalue weighted by atomic mass is 10.1. The predicted octanol–water partition coefficient (Wildman–Crippen LogP) is 5.00. The van der Waals surface area contributed by atoms with Crippen LogP contribution in [0.15, 0.2) is 54.7 Å². The third-order valence-corrected chi connectivity index (χ3v) is 4.16. The number of nitro groups is 1. The standard InChI is InChI=1S/C20H16ClN3O5/c1-12-3-7-17(18(9-12)28-2)29-19-8-5-14(11-22-19)23-20(25)15-6-4-13(21)10-16(15)24(26)27/h3-11H,1-2H3,(H,23,25). The molecule has 0 atom stereocenters. The van der Waals surface area contributed by atoms with Gasteiger partial charge in [-0.05, 0) is 42.8 Å². The second kappa shape index (κ2) is 8.57. The van der Waals surface area contributed by atoms with E-state index in [2.05, 4.69) is 10.3 Å². The highest BCUT2D eigenvalue weighted by molar-refractivity contribution is 6.31. The van der Waals surface area contributed by atoms with Crippen molar-refractivity contribution in [2.75, 3.05) is 12.4 Å². The number of carbonyl (C=O) groups is 1. The quantitative estimate of drug-likeness (QED) is 0.450. The highest BCUT2D eigenvalue weighted by atomic mass is 35.5. The maximum Gasteiger partial charge on any atom is 0.283 e. The molecule has 0 saturated carbocycles. The Morgan fingerprint density at radius 3 is 2.59 bits per heavy atom. The summed E-state index contributed by atoms with van der Waals surface area (Å²) in [5, 5.41) is 13.9. The number of rotatable bonds is 6. The number of nitrogens with zero attached hydrogens (tertiary/aromatic N) is 2. The number of methoxy groups -OCH3 is 1. The van der Waals surface area contributed by atoms with Crippen molar-refractivity contribution >= 4 is 28.9 Å². The Bertz CT molecular complexity index is 1070. The number of anilines is 1. The minimum Gasteiger partial charge on any atom is -0.493 e. The molecule has 0 fully saturated rings. The number of ether oxygens (including phenoxy) is 2. The minimum atomic E-state index is -0.662. The lowest BCUT2D eigenvalue weighted by Gasteiger charge is -2.11. The molecule has 3 aromatic rings. The largest absolute Gasteiger partial charge is 0.493 e. The van der Waals surface area contributed by atoms with Crippen LogP contribution in [0.4, 0.5) is 11.4 Å². The van der Waals surface area contributed by atoms with Gasteiger partial charge in [0.1, 0.15) is 5.56 Å². The molecule has 9 heteroatoms. The van der Waals surface area contributed by atoms with E-state index in [1.165, 1.54) is 18.3 Å². The number of nitrogens with one attached hydrogen (secondary N) is 1. The van der Waals surface area contributed by atoms with Crippen molar-refractivity contribution in [1.82, 2.24) is 4.98 Å². The smallest absolute Gasteiger partial charge is 0.283 e. The van der Waals surface area contributed by atoms with Gasteiger partial charge in [0.25, 0.3) is 11.6 Å². The van der Waals surface area contributed by atoms with Gasteiger partial charge in [-0.1, -0.05) is 17.7 Å². The van der Waals surface area contributed by atoms with Gasteiger partial charge in [0.15, 0.2) is 11.5 Å². The summed E-state index contributed by atoms with van der Waals surface area (Å²) in [5.74, 6) is 0.713. The third kappa shape index (κ3) is 4.80. The van der Waals surface area contributed by atoms with Gasteiger partial charge in [0.05, 0.1) is 23.9 Å². The van der Waals surface area contributed by atoms with E-state index in [0.717, 1.165) is 11.6 Å². The summed E-state index contributed by atoms with van der Waals surface area (Å²) in [7, 11) is 1.55. The fourth-order valence-electron chi connectivity index (χ4n) is 2.53. The van der Waals surface area contributed by atoms with Gasteiger partial charge >= 0.3 is 0 Å². The number of hydrogen-bond donors (Lipinski definition) is 1. The second-order valence-corrected chi connectivity index (χ2v) is 6.45. The van der Waals surface area contributed by atoms with Crippen LogP contribution in [-0.2, 0) is 0 Å². The van der Waals surface area contributed by atoms with E-state index in [-0.39, 0.29) is 16.3 Å². The molecule has 0 radical (unpaired) electrons. The zero-order valence-electron chi connectivity index (χ0n) is 15.5. The molecule has 0 aliphatic heterocycles. The summed E-state index contributed by atoms with van der Waals surface area (Å²) in [5.41, 5.74) is 0.887. The molecule has 0 unspecified atom stereocenters. The molecule has 8 nitrogen and oxygen atoms in total. The van der Waals surface area contributed by atoms with Crippen molar-refractivity contribution in [2.24, 2.45) is 0 Å². The molecule has 0 bridgehead atoms. The maximum absolute atomic E-state index is 12.4. The van der Waals surface area contributed by atoms with Crippen LogP contribution in [0.3, 0.4) is 0 Å². The molecule has 0 saturated heterocycles. The Morgan fingerprint density at radius 1 is 1.14 bits per heavy atom. The third-order valence-electron chi connectivity index (χ3n) is 3.93. The van der Waals surface area contributed by atoms with Crippen LogP contribution in [0.2, 0.25) is 5.02 Å². The van der Waals surface area contributed by atoms with E-state index < -0.39 is 10.8 Å². The first-order valence-electron chi connectivity index (χ1n) is 8.41. The molecular weight excluding hydrogens is 398 g/mol. The monoisotopic (exact) mass is 413 g/mol. The fourth-order valence-corrected chi connectivity index (χ4v) is 2.70. The van der Waals surface area contributed by atoms with Crippen LogP contribution in [0.5, 0.6) is 17.4 Å². The Kier molecular flexibility index (Phi) is 5.94. The van der Waals surface area contributed by atoms with Crippen LogP contribution in [-0.4, -0.2) is 22.9 Å². The van der Waals surface area contributed by atoms with Crippen LogP contribution in [0.1, 0.15) is 15.9 Å². The number of benzene rings is 2. The molecule has 2 aromatic carbocycles. The molecular formula is C20H16ClN3O5. The highest BCUT2D eigenvalue weighted by Gasteiger charge is 2.20. The Balaban J connectivity index is 1.75. The van der Waals surface area contributed by atoms with Crippen molar-refractivity contribution in [3.8, 4) is 17.4 Å². The number of amides is 1. The van der Waals surface area contributed by atoms with Crippen LogP contribution in [0, 0.1) is 17.0 Å². The summed E-state index contributed by atoms with van der Waals surface area (Å²) in [4.78, 5) is 27.0. The lowest BCUT2D eigenvalue weighted by Crippen LogP contribution is -2.14. The number of halogens is 1. The number of carbonyl (C=O) groups excluding carboxylic acids is 1. The Labute approximate surface area is 171 Å². The molecule has 0 spiro atoms. The summed E-state index contributed by atoms with van der Waals surface area (Å²) >= 11 is 5.77. The van der Waals surface area contributed by atoms with Crippen molar-refractivity contribution in [3.05, 3.63) is 81.0 Å². The number of aromatic nitrogens is 1. The number of hydrogen-bond acceptors (Lipinski definition) is 6. The van der Waals surface area contributed by atoms with Gasteiger partial charge < -0.3 is 14.8 Å². The number of nitro benzene ring substituents is 1. The highest BCUT2D eigenvalue weighted by Crippen LogP contribution is 2.31. The van der Waals surface area contributed by atoms with Crippen LogP contribution >= 0.6 is 11.6 Å². The fraction of sp³-hybridized carbons (Fsp3) is 0.100. The van der Waals surface area contributed by atoms with E-state index >= 15 is 0 Å². The van der Waals surface area contributed by atoms with Crippen molar-refractivity contribution < 1.29 is 19.2 Å². The lowest BCUT2D eigenvalue weighted by molar-refractivity contribution is -0.385. The van der Waals surface area contributed by atoms with Crippen molar-refractivity contribution in [2.45, 2.75) is 6.92 Å².